The third-order valence-electron chi connectivity index (χ3n) is 7.19. The minimum atomic E-state index is -0.580. The number of nitrogens with one attached hydrogen (secondary N) is 2. The summed E-state index contributed by atoms with van der Waals surface area (Å²) >= 11 is 12.2. The number of nitrogens with two attached hydrogens (primary N) is 3. The Bertz CT molecular complexity index is 1970. The summed E-state index contributed by atoms with van der Waals surface area (Å²) in [6.45, 7) is 0.860. The maximum absolute atomic E-state index is 11.9. The van der Waals surface area contributed by atoms with Crippen LogP contribution in [0.1, 0.15) is 10.0 Å². The number of nitriles is 1. The lowest BCUT2D eigenvalue weighted by Crippen LogP contribution is -2.42. The number of hydrogen-bond acceptors (Lipinski definition) is 22. The van der Waals surface area contributed by atoms with E-state index in [1.165, 1.54) is 18.4 Å². The number of hydrogen-bond donors (Lipinski definition) is 11. The van der Waals surface area contributed by atoms with Gasteiger partial charge in [-0.1, -0.05) is 0 Å². The minimum absolute atomic E-state index is 0. The Hall–Kier alpha value is -3.55. The van der Waals surface area contributed by atoms with Gasteiger partial charge in [-0.05, 0) is 36.4 Å². The number of fused-ring (bicyclic) bond motifs is 2. The summed E-state index contributed by atoms with van der Waals surface area (Å²) in [5.41, 5.74) is 19.4. The first-order chi connectivity index (χ1) is 29.1. The molecular weight excluding hydrogens is 922 g/mol. The maximum Gasteiger partial charge on any atom is 0.323 e. The van der Waals surface area contributed by atoms with Crippen LogP contribution in [0.2, 0.25) is 0 Å². The molecule has 348 valence electrons. The Labute approximate surface area is 391 Å². The quantitative estimate of drug-likeness (QED) is 0.0634. The normalized spacial score (nSPS) is 13.0. The monoisotopic (exact) mass is 981 g/mol. The Kier molecular flexibility index (Phi) is 34.1. The van der Waals surface area contributed by atoms with Crippen molar-refractivity contribution >= 4 is 127 Å². The molecule has 0 unspecified atom stereocenters. The number of ether oxygens (including phenoxy) is 1. The van der Waals surface area contributed by atoms with Crippen LogP contribution in [-0.4, -0.2) is 170 Å². The van der Waals surface area contributed by atoms with Crippen molar-refractivity contribution in [2.45, 2.75) is 18.1 Å². The molecule has 2 aromatic heterocycles. The van der Waals surface area contributed by atoms with Crippen molar-refractivity contribution in [3.8, 4) is 6.07 Å². The third kappa shape index (κ3) is 22.2. The van der Waals surface area contributed by atoms with E-state index in [2.05, 4.69) is 72.6 Å². The molecular formula is C37H60ClN11O8S5. The lowest BCUT2D eigenvalue weighted by molar-refractivity contribution is -0.141. The molecule has 2 aromatic carbocycles. The molecule has 2 amide bonds. The maximum atomic E-state index is 11.9. The summed E-state index contributed by atoms with van der Waals surface area (Å²) in [5, 5.41) is 47.8. The first-order valence-corrected chi connectivity index (χ1v) is 22.1. The van der Waals surface area contributed by atoms with E-state index < -0.39 is 24.1 Å². The van der Waals surface area contributed by atoms with E-state index in [4.69, 9.17) is 42.9 Å². The SMILES string of the molecule is CN(C)c1ccc2nc(C#N)sc2c1.CN(C)c1ccc2nc(C3=N[C@@H](C(=O)NCCO)CS3)sc2c1.CO.COC(=O)[C@H](N)CS.Cl.NCCO.N[C@H](CS)C(=O)NCCO. The van der Waals surface area contributed by atoms with Gasteiger partial charge >= 0.3 is 5.97 Å². The number of anilines is 2. The van der Waals surface area contributed by atoms with Crippen LogP contribution in [0.25, 0.3) is 20.4 Å². The fraction of sp³-hybridized carbons (Fsp3) is 0.486. The lowest BCUT2D eigenvalue weighted by atomic mass is 10.3. The number of amides is 2. The van der Waals surface area contributed by atoms with Gasteiger partial charge in [0.2, 0.25) is 11.8 Å². The number of aliphatic hydroxyl groups excluding tert-OH is 4. The number of benzene rings is 2. The second-order valence-corrected chi connectivity index (χ2v) is 15.9. The van der Waals surface area contributed by atoms with Crippen LogP contribution in [0.4, 0.5) is 11.4 Å². The number of aliphatic hydroxyl groups is 4. The zero-order valence-electron chi connectivity index (χ0n) is 35.4. The van der Waals surface area contributed by atoms with Gasteiger partial charge in [-0.3, -0.25) is 19.4 Å². The van der Waals surface area contributed by atoms with Gasteiger partial charge in [-0.2, -0.15) is 30.5 Å². The first-order valence-electron chi connectivity index (χ1n) is 18.2. The molecule has 0 spiro atoms. The highest BCUT2D eigenvalue weighted by molar-refractivity contribution is 8.15. The fourth-order valence-electron chi connectivity index (χ4n) is 4.06. The van der Waals surface area contributed by atoms with E-state index in [0.29, 0.717) is 28.8 Å². The average Bonchev–Trinajstić information content (AvgIpc) is 4.06. The molecule has 0 aliphatic carbocycles. The number of esters is 1. The molecule has 12 N–H and O–H groups in total. The Morgan fingerprint density at radius 1 is 0.887 bits per heavy atom. The van der Waals surface area contributed by atoms with Crippen LogP contribution in [0.3, 0.4) is 0 Å². The highest BCUT2D eigenvalue weighted by Gasteiger charge is 2.27. The molecule has 1 aliphatic heterocycles. The van der Waals surface area contributed by atoms with E-state index in [1.54, 1.807) is 23.1 Å². The van der Waals surface area contributed by atoms with E-state index in [0.717, 1.165) is 49.0 Å². The minimum Gasteiger partial charge on any atom is -0.468 e. The van der Waals surface area contributed by atoms with Gasteiger partial charge in [-0.15, -0.1) is 46.8 Å². The standard InChI is InChI=1S/C15H18N4O2S2.C10H9N3S.C5H12N2O2S.C4H9NO2S.C2H7NO.CH4O.ClH/c1-19(2)9-3-4-10-12(7-9)23-15(17-10)14-18-11(8-22-14)13(21)16-5-6-20;1-13(2)7-3-4-8-9(5-7)14-10(6-11)12-8;6-4(3-10)5(9)7-1-2-8;1-7-4(6)3(5)2-8;3-1-2-4;1-2;/h3-4,7,11,20H,5-6,8H2,1-2H3,(H,16,21);3-5H,1-2H3;4,8,10H,1-3,6H2,(H,7,9);3,8H,2,5H2,1H3;4H,1-3H2;2H,1H3;1H/t11-;;4-;3-;;;/m1.11.../s1. The second kappa shape index (κ2) is 34.9. The molecule has 3 heterocycles. The molecule has 0 radical (unpaired) electrons. The summed E-state index contributed by atoms with van der Waals surface area (Å²) in [6.07, 6.45) is 0. The number of thioether (sulfide) groups is 1. The van der Waals surface area contributed by atoms with Crippen molar-refractivity contribution < 1.29 is 39.5 Å². The molecule has 62 heavy (non-hydrogen) atoms. The first kappa shape index (κ1) is 60.5. The van der Waals surface area contributed by atoms with Gasteiger partial charge in [0, 0.05) is 83.6 Å². The summed E-state index contributed by atoms with van der Waals surface area (Å²) in [7, 11) is 10.3. The highest BCUT2D eigenvalue weighted by Crippen LogP contribution is 2.31. The predicted molar refractivity (Wildman–Crippen MR) is 263 cm³/mol. The fourth-order valence-corrected chi connectivity index (χ4v) is 7.28. The number of halogens is 1. The summed E-state index contributed by atoms with van der Waals surface area (Å²) in [4.78, 5) is 50.4. The smallest absolute Gasteiger partial charge is 0.323 e. The summed E-state index contributed by atoms with van der Waals surface area (Å²) in [5.74, 6) is 0.427. The van der Waals surface area contributed by atoms with Crippen molar-refractivity contribution in [2.75, 3.05) is 109 Å². The lowest BCUT2D eigenvalue weighted by Gasteiger charge is -2.11. The Balaban J connectivity index is 0. The number of nitrogens with zero attached hydrogens (tertiary/aromatic N) is 6. The van der Waals surface area contributed by atoms with Crippen molar-refractivity contribution in [1.82, 2.24) is 20.6 Å². The predicted octanol–water partition coefficient (Wildman–Crippen LogP) is 0.303. The van der Waals surface area contributed by atoms with Crippen LogP contribution in [0.15, 0.2) is 41.4 Å². The molecule has 19 nitrogen and oxygen atoms in total. The van der Waals surface area contributed by atoms with Crippen molar-refractivity contribution in [3.63, 3.8) is 0 Å². The Morgan fingerprint density at radius 2 is 1.39 bits per heavy atom. The van der Waals surface area contributed by atoms with Gasteiger partial charge < -0.3 is 62.8 Å². The summed E-state index contributed by atoms with van der Waals surface area (Å²) in [6, 6.07) is 12.7. The van der Waals surface area contributed by atoms with Crippen LogP contribution in [-0.2, 0) is 19.1 Å². The molecule has 0 saturated carbocycles. The third-order valence-corrected chi connectivity index (χ3v) is 11.1. The average molecular weight is 983 g/mol. The van der Waals surface area contributed by atoms with Crippen molar-refractivity contribution in [1.29, 1.82) is 5.26 Å². The molecule has 0 bridgehead atoms. The highest BCUT2D eigenvalue weighted by atomic mass is 35.5. The zero-order chi connectivity index (χ0) is 46.5. The number of aromatic nitrogens is 2. The molecule has 1 aliphatic rings. The van der Waals surface area contributed by atoms with Crippen LogP contribution in [0, 0.1) is 11.3 Å². The molecule has 3 atom stereocenters. The van der Waals surface area contributed by atoms with Crippen molar-refractivity contribution in [3.05, 3.63) is 46.4 Å². The second-order valence-electron chi connectivity index (χ2n) is 12.1. The van der Waals surface area contributed by atoms with Crippen LogP contribution >= 0.6 is 72.1 Å². The topological polar surface area (TPSA) is 312 Å². The van der Waals surface area contributed by atoms with E-state index in [1.807, 2.05) is 63.4 Å². The van der Waals surface area contributed by atoms with E-state index in [-0.39, 0.29) is 57.1 Å². The van der Waals surface area contributed by atoms with Gasteiger partial charge in [0.15, 0.2) is 5.01 Å². The molecule has 0 fully saturated rings. The van der Waals surface area contributed by atoms with Gasteiger partial charge in [0.05, 0.1) is 53.4 Å². The van der Waals surface area contributed by atoms with Gasteiger partial charge in [0.25, 0.3) is 0 Å². The van der Waals surface area contributed by atoms with Crippen LogP contribution < -0.4 is 37.6 Å². The number of methoxy groups -OCH3 is 1. The molecule has 25 heteroatoms. The number of rotatable bonds is 13. The van der Waals surface area contributed by atoms with Gasteiger partial charge in [-0.25, -0.2) is 9.97 Å². The van der Waals surface area contributed by atoms with E-state index >= 15 is 0 Å². The van der Waals surface area contributed by atoms with E-state index in [9.17, 15) is 14.4 Å². The number of thiazole rings is 2. The number of carbonyl (C=O) groups is 3. The zero-order valence-corrected chi connectivity index (χ0v) is 40.5. The van der Waals surface area contributed by atoms with Crippen LogP contribution in [0.5, 0.6) is 0 Å². The largest absolute Gasteiger partial charge is 0.468 e. The van der Waals surface area contributed by atoms with Gasteiger partial charge in [0.1, 0.15) is 28.2 Å². The summed E-state index contributed by atoms with van der Waals surface area (Å²) < 4.78 is 6.47. The molecule has 0 saturated heterocycles. The molecule has 4 aromatic rings. The Morgan fingerprint density at radius 3 is 1.82 bits per heavy atom. The number of carbonyl (C=O) groups excluding carboxylic acids is 3. The number of thiol groups is 2. The van der Waals surface area contributed by atoms with Crippen molar-refractivity contribution in [2.24, 2.45) is 22.2 Å². The number of aliphatic imine (C=N–C) groups is 1. The molecule has 5 rings (SSSR count).